The average molecular weight is 291 g/mol. The van der Waals surface area contributed by atoms with Gasteiger partial charge >= 0.3 is 0 Å². The van der Waals surface area contributed by atoms with Crippen LogP contribution < -0.4 is 5.73 Å². The Morgan fingerprint density at radius 2 is 1.78 bits per heavy atom. The number of alkyl halides is 3. The van der Waals surface area contributed by atoms with Crippen LogP contribution in [0.4, 0.5) is 13.2 Å². The second kappa shape index (κ2) is 11.5. The van der Waals surface area contributed by atoms with E-state index in [9.17, 15) is 21.6 Å². The fourth-order valence-electron chi connectivity index (χ4n) is 0.920. The van der Waals surface area contributed by atoms with E-state index in [0.717, 1.165) is 0 Å². The number of halogens is 3. The molecule has 0 rings (SSSR count). The van der Waals surface area contributed by atoms with E-state index < -0.39 is 34.9 Å². The second-order valence-corrected chi connectivity index (χ2v) is 4.99. The molecule has 0 bridgehead atoms. The van der Waals surface area contributed by atoms with E-state index in [-0.39, 0.29) is 19.3 Å². The number of rotatable bonds is 8. The van der Waals surface area contributed by atoms with Gasteiger partial charge in [-0.05, 0) is 19.3 Å². The van der Waals surface area contributed by atoms with Crippen LogP contribution >= 0.6 is 0 Å². The molecule has 0 spiro atoms. The zero-order valence-electron chi connectivity index (χ0n) is 10.1. The van der Waals surface area contributed by atoms with Crippen molar-refractivity contribution < 1.29 is 26.1 Å². The predicted octanol–water partition coefficient (Wildman–Crippen LogP) is 1.82. The Kier molecular flexibility index (Phi) is 12.6. The maximum atomic E-state index is 12.8. The highest BCUT2D eigenvalue weighted by Crippen LogP contribution is 2.13. The molecule has 0 saturated heterocycles. The molecule has 0 aromatic rings. The van der Waals surface area contributed by atoms with E-state index in [1.165, 1.54) is 0 Å². The first-order valence-electron chi connectivity index (χ1n) is 5.38. The summed E-state index contributed by atoms with van der Waals surface area (Å²) in [7, 11) is -4.49. The smallest absolute Gasteiger partial charge is 0.267 e. The van der Waals surface area contributed by atoms with Crippen LogP contribution in [0.15, 0.2) is 12.7 Å². The third-order valence-corrected chi connectivity index (χ3v) is 2.53. The highest BCUT2D eigenvalue weighted by molar-refractivity contribution is 7.85. The number of nitrogens with two attached hydrogens (primary N) is 1. The summed E-state index contributed by atoms with van der Waals surface area (Å²) in [5, 5.41) is 0. The van der Waals surface area contributed by atoms with Crippen molar-refractivity contribution in [3.05, 3.63) is 12.7 Å². The Labute approximate surface area is 106 Å². The summed E-state index contributed by atoms with van der Waals surface area (Å²) in [6.07, 6.45) is -2.52. The highest BCUT2D eigenvalue weighted by atomic mass is 32.2. The minimum atomic E-state index is -4.49. The van der Waals surface area contributed by atoms with Crippen LogP contribution in [0.2, 0.25) is 0 Å². The largest absolute Gasteiger partial charge is 0.327 e. The maximum absolute atomic E-state index is 12.8. The van der Waals surface area contributed by atoms with Crippen LogP contribution in [0, 0.1) is 0 Å². The van der Waals surface area contributed by atoms with Crippen molar-refractivity contribution in [3.63, 3.8) is 0 Å². The van der Waals surface area contributed by atoms with Crippen LogP contribution in [-0.2, 0) is 10.1 Å². The summed E-state index contributed by atoms with van der Waals surface area (Å²) in [6, 6.07) is 0. The molecule has 4 nitrogen and oxygen atoms in total. The quantitative estimate of drug-likeness (QED) is 0.406. The van der Waals surface area contributed by atoms with Gasteiger partial charge in [-0.2, -0.15) is 8.42 Å². The normalized spacial score (nSPS) is 14.3. The molecule has 0 fully saturated rings. The van der Waals surface area contributed by atoms with Gasteiger partial charge in [-0.3, -0.25) is 8.94 Å². The van der Waals surface area contributed by atoms with Gasteiger partial charge in [-0.1, -0.05) is 6.08 Å². The van der Waals surface area contributed by atoms with Crippen LogP contribution in [0.5, 0.6) is 0 Å². The first-order chi connectivity index (χ1) is 8.28. The standard InChI is InChI=1S/C7H13F3O3S.C3H7N/c8-4-2-1-3-6(9)7(10)5-14(11,12)13;1-2-3-4/h6-7H,1-5H2,(H,11,12,13);2H,1,3-4H2. The molecule has 0 saturated carbocycles. The van der Waals surface area contributed by atoms with Crippen molar-refractivity contribution in [1.82, 2.24) is 0 Å². The molecule has 0 aromatic carbocycles. The molecule has 0 heterocycles. The van der Waals surface area contributed by atoms with Gasteiger partial charge < -0.3 is 5.73 Å². The lowest BCUT2D eigenvalue weighted by atomic mass is 10.1. The van der Waals surface area contributed by atoms with E-state index in [2.05, 4.69) is 6.58 Å². The molecule has 8 heteroatoms. The van der Waals surface area contributed by atoms with Gasteiger partial charge in [-0.25, -0.2) is 8.78 Å². The van der Waals surface area contributed by atoms with Crippen molar-refractivity contribution in [2.24, 2.45) is 5.73 Å². The van der Waals surface area contributed by atoms with Crippen LogP contribution in [0.1, 0.15) is 19.3 Å². The molecule has 0 aliphatic rings. The minimum absolute atomic E-state index is 0.124. The Balaban J connectivity index is 0. The molecular formula is C10H20F3NO3S. The van der Waals surface area contributed by atoms with Gasteiger partial charge in [0.25, 0.3) is 10.1 Å². The van der Waals surface area contributed by atoms with Gasteiger partial charge in [0, 0.05) is 6.54 Å². The summed E-state index contributed by atoms with van der Waals surface area (Å²) in [5.41, 5.74) is 4.91. The number of hydrogen-bond donors (Lipinski definition) is 2. The monoisotopic (exact) mass is 291 g/mol. The SMILES string of the molecule is C=CCN.O=S(=O)(O)CC(F)C(F)CCCCF. The third-order valence-electron chi connectivity index (χ3n) is 1.79. The summed E-state index contributed by atoms with van der Waals surface area (Å²) in [4.78, 5) is 0. The van der Waals surface area contributed by atoms with Crippen molar-refractivity contribution >= 4 is 10.1 Å². The Morgan fingerprint density at radius 3 is 2.11 bits per heavy atom. The molecule has 18 heavy (non-hydrogen) atoms. The Morgan fingerprint density at radius 1 is 1.28 bits per heavy atom. The molecule has 2 atom stereocenters. The van der Waals surface area contributed by atoms with Gasteiger partial charge in [0.2, 0.25) is 0 Å². The Bertz CT molecular complexity index is 299. The predicted molar refractivity (Wildman–Crippen MR) is 65.3 cm³/mol. The maximum Gasteiger partial charge on any atom is 0.267 e. The molecule has 0 radical (unpaired) electrons. The molecule has 0 amide bonds. The molecule has 0 aromatic heterocycles. The molecular weight excluding hydrogens is 271 g/mol. The average Bonchev–Trinajstić information content (AvgIpc) is 2.27. The van der Waals surface area contributed by atoms with E-state index in [1.54, 1.807) is 6.08 Å². The van der Waals surface area contributed by atoms with Gasteiger partial charge in [0.05, 0.1) is 6.67 Å². The van der Waals surface area contributed by atoms with E-state index >= 15 is 0 Å². The molecule has 3 N–H and O–H groups in total. The lowest BCUT2D eigenvalue weighted by Crippen LogP contribution is -2.26. The van der Waals surface area contributed by atoms with Crippen LogP contribution in [0.25, 0.3) is 0 Å². The molecule has 110 valence electrons. The summed E-state index contributed by atoms with van der Waals surface area (Å²) in [6.45, 7) is 3.33. The number of unbranched alkanes of at least 4 members (excludes halogenated alkanes) is 1. The van der Waals surface area contributed by atoms with Crippen molar-refractivity contribution in [1.29, 1.82) is 0 Å². The molecule has 2 unspecified atom stereocenters. The first kappa shape index (κ1) is 19.7. The Hall–Kier alpha value is -0.600. The molecule has 0 aliphatic carbocycles. The number of hydrogen-bond acceptors (Lipinski definition) is 3. The van der Waals surface area contributed by atoms with Crippen LogP contribution in [0.3, 0.4) is 0 Å². The van der Waals surface area contributed by atoms with E-state index in [1.807, 2.05) is 0 Å². The zero-order valence-corrected chi connectivity index (χ0v) is 10.9. The minimum Gasteiger partial charge on any atom is -0.327 e. The van der Waals surface area contributed by atoms with Crippen molar-refractivity contribution in [2.75, 3.05) is 19.0 Å². The summed E-state index contributed by atoms with van der Waals surface area (Å²) < 4.78 is 65.6. The summed E-state index contributed by atoms with van der Waals surface area (Å²) >= 11 is 0. The van der Waals surface area contributed by atoms with Gasteiger partial charge in [-0.15, -0.1) is 6.58 Å². The van der Waals surface area contributed by atoms with E-state index in [4.69, 9.17) is 10.3 Å². The fraction of sp³-hybridized carbons (Fsp3) is 0.800. The lowest BCUT2D eigenvalue weighted by Gasteiger charge is -2.11. The zero-order chi connectivity index (χ0) is 14.6. The summed E-state index contributed by atoms with van der Waals surface area (Å²) in [5.74, 6) is -1.25. The van der Waals surface area contributed by atoms with E-state index in [0.29, 0.717) is 6.54 Å². The van der Waals surface area contributed by atoms with Gasteiger partial charge in [0.1, 0.15) is 18.1 Å². The topological polar surface area (TPSA) is 80.4 Å². The second-order valence-electron chi connectivity index (χ2n) is 3.49. The lowest BCUT2D eigenvalue weighted by molar-refractivity contribution is 0.168. The molecule has 0 aliphatic heterocycles. The van der Waals surface area contributed by atoms with Crippen molar-refractivity contribution in [2.45, 2.75) is 31.6 Å². The van der Waals surface area contributed by atoms with Crippen LogP contribution in [-0.4, -0.2) is 44.3 Å². The first-order valence-corrected chi connectivity index (χ1v) is 6.99. The van der Waals surface area contributed by atoms with Gasteiger partial charge in [0.15, 0.2) is 0 Å². The third kappa shape index (κ3) is 15.4. The fourth-order valence-corrected chi connectivity index (χ4v) is 1.53. The van der Waals surface area contributed by atoms with Crippen molar-refractivity contribution in [3.8, 4) is 0 Å². The highest BCUT2D eigenvalue weighted by Gasteiger charge is 2.25.